The topological polar surface area (TPSA) is 43.7 Å². The van der Waals surface area contributed by atoms with Crippen LogP contribution >= 0.6 is 11.3 Å². The molecule has 27 heavy (non-hydrogen) atoms. The van der Waals surface area contributed by atoms with Crippen molar-refractivity contribution in [3.8, 4) is 5.69 Å². The van der Waals surface area contributed by atoms with Crippen molar-refractivity contribution in [2.24, 2.45) is 0 Å². The molecule has 2 atom stereocenters. The lowest BCUT2D eigenvalue weighted by molar-refractivity contribution is 0.212. The summed E-state index contributed by atoms with van der Waals surface area (Å²) in [5, 5.41) is 15.9. The summed E-state index contributed by atoms with van der Waals surface area (Å²) in [6, 6.07) is 15.0. The Morgan fingerprint density at radius 2 is 1.89 bits per heavy atom. The van der Waals surface area contributed by atoms with Gasteiger partial charge in [-0.05, 0) is 68.4 Å². The number of aromatic nitrogens is 1. The highest BCUT2D eigenvalue weighted by atomic mass is 32.1. The minimum atomic E-state index is -0.738. The van der Waals surface area contributed by atoms with Crippen LogP contribution in [0.5, 0.6) is 0 Å². The SMILES string of the molecule is CN(C)C1CCN(c2ccc(NC(O)c3sccc3-n3cccc3)cc2)C1. The van der Waals surface area contributed by atoms with Gasteiger partial charge in [0.25, 0.3) is 0 Å². The molecule has 1 aromatic carbocycles. The first-order valence-corrected chi connectivity index (χ1v) is 10.2. The third kappa shape index (κ3) is 3.88. The molecule has 0 amide bonds. The molecule has 5 nitrogen and oxygen atoms in total. The molecule has 0 spiro atoms. The summed E-state index contributed by atoms with van der Waals surface area (Å²) >= 11 is 1.56. The largest absolute Gasteiger partial charge is 0.370 e. The lowest BCUT2D eigenvalue weighted by Gasteiger charge is -2.22. The van der Waals surface area contributed by atoms with Crippen molar-refractivity contribution in [3.63, 3.8) is 0 Å². The molecule has 0 aliphatic carbocycles. The summed E-state index contributed by atoms with van der Waals surface area (Å²) in [5.74, 6) is 0. The Labute approximate surface area is 164 Å². The van der Waals surface area contributed by atoms with E-state index >= 15 is 0 Å². The van der Waals surface area contributed by atoms with Crippen molar-refractivity contribution in [2.75, 3.05) is 37.4 Å². The van der Waals surface area contributed by atoms with E-state index in [0.717, 1.165) is 29.3 Å². The molecule has 1 aliphatic heterocycles. The molecule has 2 aromatic heterocycles. The van der Waals surface area contributed by atoms with Gasteiger partial charge in [0, 0.05) is 42.9 Å². The van der Waals surface area contributed by atoms with Crippen LogP contribution in [0.4, 0.5) is 11.4 Å². The predicted molar refractivity (Wildman–Crippen MR) is 113 cm³/mol. The van der Waals surface area contributed by atoms with Crippen LogP contribution in [0, 0.1) is 0 Å². The highest BCUT2D eigenvalue weighted by molar-refractivity contribution is 7.10. The smallest absolute Gasteiger partial charge is 0.162 e. The first kappa shape index (κ1) is 18.1. The molecule has 1 aliphatic rings. The number of benzene rings is 1. The van der Waals surface area contributed by atoms with Gasteiger partial charge in [0.15, 0.2) is 6.23 Å². The zero-order chi connectivity index (χ0) is 18.8. The van der Waals surface area contributed by atoms with E-state index in [1.165, 1.54) is 12.1 Å². The molecule has 3 aromatic rings. The molecule has 2 unspecified atom stereocenters. The van der Waals surface area contributed by atoms with E-state index in [1.807, 2.05) is 52.7 Å². The molecule has 142 valence electrons. The number of rotatable bonds is 6. The van der Waals surface area contributed by atoms with Gasteiger partial charge in [-0.3, -0.25) is 0 Å². The van der Waals surface area contributed by atoms with Gasteiger partial charge in [0.2, 0.25) is 0 Å². The summed E-state index contributed by atoms with van der Waals surface area (Å²) in [5.41, 5.74) is 3.17. The number of thiophene rings is 1. The third-order valence-electron chi connectivity index (χ3n) is 5.23. The molecule has 1 fully saturated rings. The second kappa shape index (κ2) is 7.76. The standard InChI is InChI=1S/C21H26N4OS/c1-23(2)18-9-13-25(15-18)17-7-5-16(6-8-17)22-21(26)20-19(10-14-27-20)24-11-3-4-12-24/h3-8,10-12,14,18,21-22,26H,9,13,15H2,1-2H3. The lowest BCUT2D eigenvalue weighted by atomic mass is 10.2. The van der Waals surface area contributed by atoms with Crippen molar-refractivity contribution < 1.29 is 5.11 Å². The number of aliphatic hydroxyl groups is 1. The number of nitrogens with zero attached hydrogens (tertiary/aromatic N) is 3. The van der Waals surface area contributed by atoms with Gasteiger partial charge < -0.3 is 24.8 Å². The highest BCUT2D eigenvalue weighted by Gasteiger charge is 2.24. The Hall–Kier alpha value is -2.28. The fraction of sp³-hybridized carbons (Fsp3) is 0.333. The lowest BCUT2D eigenvalue weighted by Crippen LogP contribution is -2.31. The van der Waals surface area contributed by atoms with Gasteiger partial charge in [0.05, 0.1) is 10.6 Å². The van der Waals surface area contributed by atoms with Crippen LogP contribution in [0.2, 0.25) is 0 Å². The molecular formula is C21H26N4OS. The molecule has 0 bridgehead atoms. The number of nitrogens with one attached hydrogen (secondary N) is 1. The van der Waals surface area contributed by atoms with Gasteiger partial charge in [-0.25, -0.2) is 0 Å². The molecule has 6 heteroatoms. The van der Waals surface area contributed by atoms with Crippen LogP contribution in [0.1, 0.15) is 17.5 Å². The van der Waals surface area contributed by atoms with Crippen molar-refractivity contribution in [1.82, 2.24) is 9.47 Å². The fourth-order valence-corrected chi connectivity index (χ4v) is 4.44. The summed E-state index contributed by atoms with van der Waals surface area (Å²) in [7, 11) is 4.30. The van der Waals surface area contributed by atoms with Crippen LogP contribution in [-0.4, -0.2) is 47.8 Å². The van der Waals surface area contributed by atoms with Crippen LogP contribution in [-0.2, 0) is 0 Å². The van der Waals surface area contributed by atoms with E-state index in [0.29, 0.717) is 6.04 Å². The molecular weight excluding hydrogens is 356 g/mol. The summed E-state index contributed by atoms with van der Waals surface area (Å²) in [6.07, 6.45) is 4.44. The summed E-state index contributed by atoms with van der Waals surface area (Å²) in [4.78, 5) is 5.63. The van der Waals surface area contributed by atoms with Gasteiger partial charge >= 0.3 is 0 Å². The number of aliphatic hydroxyl groups excluding tert-OH is 1. The second-order valence-corrected chi connectivity index (χ2v) is 8.15. The van der Waals surface area contributed by atoms with Gasteiger partial charge in [0.1, 0.15) is 0 Å². The van der Waals surface area contributed by atoms with Crippen LogP contribution in [0.25, 0.3) is 5.69 Å². The first-order valence-electron chi connectivity index (χ1n) is 9.28. The van der Waals surface area contributed by atoms with Crippen molar-refractivity contribution in [3.05, 3.63) is 65.1 Å². The molecule has 3 heterocycles. The van der Waals surface area contributed by atoms with Gasteiger partial charge in [-0.2, -0.15) is 0 Å². The average molecular weight is 383 g/mol. The maximum absolute atomic E-state index is 10.7. The molecule has 2 N–H and O–H groups in total. The number of anilines is 2. The van der Waals surface area contributed by atoms with E-state index in [1.54, 1.807) is 11.3 Å². The number of hydrogen-bond acceptors (Lipinski definition) is 5. The van der Waals surface area contributed by atoms with E-state index in [9.17, 15) is 5.11 Å². The van der Waals surface area contributed by atoms with Gasteiger partial charge in [-0.15, -0.1) is 11.3 Å². The Bertz CT molecular complexity index is 857. The van der Waals surface area contributed by atoms with Crippen molar-refractivity contribution in [1.29, 1.82) is 0 Å². The summed E-state index contributed by atoms with van der Waals surface area (Å²) in [6.45, 7) is 2.16. The van der Waals surface area contributed by atoms with E-state index in [4.69, 9.17) is 0 Å². The second-order valence-electron chi connectivity index (χ2n) is 7.21. The van der Waals surface area contributed by atoms with Gasteiger partial charge in [-0.1, -0.05) is 0 Å². The maximum atomic E-state index is 10.7. The van der Waals surface area contributed by atoms with Crippen LogP contribution in [0.15, 0.2) is 60.2 Å². The van der Waals surface area contributed by atoms with E-state index in [-0.39, 0.29) is 0 Å². The Morgan fingerprint density at radius 3 is 2.56 bits per heavy atom. The molecule has 4 rings (SSSR count). The minimum absolute atomic E-state index is 0.621. The fourth-order valence-electron chi connectivity index (χ4n) is 3.62. The predicted octanol–water partition coefficient (Wildman–Crippen LogP) is 3.78. The Balaban J connectivity index is 1.43. The number of hydrogen-bond donors (Lipinski definition) is 2. The van der Waals surface area contributed by atoms with Crippen molar-refractivity contribution in [2.45, 2.75) is 18.7 Å². The Morgan fingerprint density at radius 1 is 1.15 bits per heavy atom. The van der Waals surface area contributed by atoms with E-state index in [2.05, 4.69) is 41.3 Å². The zero-order valence-electron chi connectivity index (χ0n) is 15.7. The monoisotopic (exact) mass is 382 g/mol. The van der Waals surface area contributed by atoms with Crippen LogP contribution < -0.4 is 10.2 Å². The average Bonchev–Trinajstić information content (AvgIpc) is 3.42. The van der Waals surface area contributed by atoms with E-state index < -0.39 is 6.23 Å². The quantitative estimate of drug-likeness (QED) is 0.637. The van der Waals surface area contributed by atoms with Crippen molar-refractivity contribution >= 4 is 22.7 Å². The van der Waals surface area contributed by atoms with Crippen LogP contribution in [0.3, 0.4) is 0 Å². The molecule has 0 saturated carbocycles. The third-order valence-corrected chi connectivity index (χ3v) is 6.19. The Kier molecular flexibility index (Phi) is 5.20. The molecule has 0 radical (unpaired) electrons. The normalized spacial score (nSPS) is 18.2. The minimum Gasteiger partial charge on any atom is -0.370 e. The molecule has 1 saturated heterocycles. The highest BCUT2D eigenvalue weighted by Crippen LogP contribution is 2.30. The first-order chi connectivity index (χ1) is 13.1. The number of likely N-dealkylation sites (N-methyl/N-ethyl adjacent to an activating group) is 1. The zero-order valence-corrected chi connectivity index (χ0v) is 16.6. The maximum Gasteiger partial charge on any atom is 0.162 e. The summed E-state index contributed by atoms with van der Waals surface area (Å²) < 4.78 is 2.02.